The van der Waals surface area contributed by atoms with Crippen LogP contribution in [0.2, 0.25) is 0 Å². The Bertz CT molecular complexity index is 1570. The molecule has 10 nitrogen and oxygen atoms in total. The van der Waals surface area contributed by atoms with Crippen LogP contribution in [0.5, 0.6) is 5.75 Å². The number of hydrogen-bond acceptors (Lipinski definition) is 9. The van der Waals surface area contributed by atoms with E-state index in [0.717, 1.165) is 23.4 Å². The van der Waals surface area contributed by atoms with Crippen molar-refractivity contribution in [3.05, 3.63) is 64.4 Å². The van der Waals surface area contributed by atoms with E-state index in [4.69, 9.17) is 5.73 Å². The number of amides is 1. The van der Waals surface area contributed by atoms with Crippen LogP contribution in [-0.2, 0) is 20.8 Å². The quantitative estimate of drug-likeness (QED) is 0.293. The number of aromatic hydroxyl groups is 1. The largest absolute Gasteiger partial charge is 0.508 e. The van der Waals surface area contributed by atoms with Gasteiger partial charge >= 0.3 is 0 Å². The third-order valence-corrected chi connectivity index (χ3v) is 8.62. The van der Waals surface area contributed by atoms with Crippen LogP contribution in [0.4, 0.5) is 5.69 Å². The summed E-state index contributed by atoms with van der Waals surface area (Å²) in [4.78, 5) is 40.9. The average molecular weight is 576 g/mol. The van der Waals surface area contributed by atoms with Gasteiger partial charge in [0.1, 0.15) is 22.8 Å². The minimum Gasteiger partial charge on any atom is -0.508 e. The van der Waals surface area contributed by atoms with Gasteiger partial charge in [0.2, 0.25) is 5.78 Å². The molecule has 5 rings (SSSR count). The number of phenols is 1. The SMILES string of the molecule is CN(C)C1C(=O)C(C(N)=O)=C(O)[C@@]2(O)C(=O)C3=C(O)c4c(O)ccc(-c5ccc(NCC(C)(C)C)cc5)c4C[C@H]3C[C@H]12. The van der Waals surface area contributed by atoms with Crippen LogP contribution in [0.1, 0.15) is 38.3 Å². The van der Waals surface area contributed by atoms with E-state index in [9.17, 15) is 34.8 Å². The number of nitrogens with zero attached hydrogens (tertiary/aromatic N) is 1. The Kier molecular flexibility index (Phi) is 6.98. The van der Waals surface area contributed by atoms with Gasteiger partial charge in [-0.05, 0) is 73.2 Å². The molecule has 42 heavy (non-hydrogen) atoms. The molecule has 7 N–H and O–H groups in total. The summed E-state index contributed by atoms with van der Waals surface area (Å²) in [5, 5.41) is 48.4. The molecule has 2 aromatic carbocycles. The lowest BCUT2D eigenvalue weighted by Crippen LogP contribution is -2.65. The molecule has 1 unspecified atom stereocenters. The topological polar surface area (TPSA) is 173 Å². The van der Waals surface area contributed by atoms with Crippen molar-refractivity contribution in [2.45, 2.75) is 45.3 Å². The van der Waals surface area contributed by atoms with Crippen LogP contribution in [0.15, 0.2) is 53.3 Å². The van der Waals surface area contributed by atoms with Crippen LogP contribution in [-0.4, -0.2) is 75.1 Å². The Morgan fingerprint density at radius 3 is 2.29 bits per heavy atom. The van der Waals surface area contributed by atoms with Crippen LogP contribution in [0, 0.1) is 17.3 Å². The summed E-state index contributed by atoms with van der Waals surface area (Å²) in [6, 6.07) is 9.85. The molecule has 10 heteroatoms. The smallest absolute Gasteiger partial charge is 0.255 e. The van der Waals surface area contributed by atoms with Crippen molar-refractivity contribution in [3.63, 3.8) is 0 Å². The summed E-state index contributed by atoms with van der Waals surface area (Å²) in [5.41, 5.74) is 5.05. The molecule has 0 spiro atoms. The second-order valence-electron chi connectivity index (χ2n) is 12.9. The standard InChI is InChI=1S/C32H37N3O7/c1-31(2,3)14-34-17-8-6-15(7-9-17)18-10-11-21(36)23-19(18)12-16-13-20-25(35(4)5)27(38)24(30(33)41)29(40)32(20,42)28(39)22(16)26(23)37/h6-11,16,20,25,34,36-37,40,42H,12-14H2,1-5H3,(H2,33,41)/t16-,20+,25?,32-/m0/s1. The number of aliphatic hydroxyl groups excluding tert-OH is 2. The van der Waals surface area contributed by atoms with Gasteiger partial charge in [-0.25, -0.2) is 0 Å². The van der Waals surface area contributed by atoms with Crippen molar-refractivity contribution in [2.24, 2.45) is 23.0 Å². The van der Waals surface area contributed by atoms with Crippen molar-refractivity contribution >= 4 is 28.9 Å². The number of nitrogens with one attached hydrogen (secondary N) is 1. The number of fused-ring (bicyclic) bond motifs is 3. The lowest BCUT2D eigenvalue weighted by molar-refractivity contribution is -0.153. The molecule has 1 saturated carbocycles. The fourth-order valence-electron chi connectivity index (χ4n) is 6.65. The van der Waals surface area contributed by atoms with Gasteiger partial charge in [-0.3, -0.25) is 19.3 Å². The number of aliphatic hydroxyl groups is 3. The highest BCUT2D eigenvalue weighted by atomic mass is 16.3. The first-order valence-corrected chi connectivity index (χ1v) is 13.9. The maximum absolute atomic E-state index is 14.0. The van der Waals surface area contributed by atoms with Crippen molar-refractivity contribution in [2.75, 3.05) is 26.0 Å². The molecule has 0 heterocycles. The number of carbonyl (C=O) groups excluding carboxylic acids is 3. The number of primary amides is 1. The third-order valence-electron chi connectivity index (χ3n) is 8.62. The molecule has 1 amide bonds. The number of Topliss-reactive ketones (excluding diaryl/α,β-unsaturated/α-hetero) is 2. The van der Waals surface area contributed by atoms with Crippen molar-refractivity contribution in [1.82, 2.24) is 4.90 Å². The first kappa shape index (κ1) is 29.3. The number of ketones is 2. The predicted molar refractivity (Wildman–Crippen MR) is 158 cm³/mol. The van der Waals surface area contributed by atoms with Crippen LogP contribution in [0.3, 0.4) is 0 Å². The van der Waals surface area contributed by atoms with Gasteiger partial charge in [0, 0.05) is 23.7 Å². The molecule has 0 bridgehead atoms. The first-order valence-electron chi connectivity index (χ1n) is 13.9. The second-order valence-corrected chi connectivity index (χ2v) is 12.9. The fourth-order valence-corrected chi connectivity index (χ4v) is 6.65. The van der Waals surface area contributed by atoms with E-state index in [1.165, 1.54) is 11.0 Å². The molecule has 0 saturated heterocycles. The maximum atomic E-state index is 14.0. The van der Waals surface area contributed by atoms with Gasteiger partial charge in [0.05, 0.1) is 11.6 Å². The van der Waals surface area contributed by atoms with Gasteiger partial charge < -0.3 is 31.5 Å². The third kappa shape index (κ3) is 4.46. The summed E-state index contributed by atoms with van der Waals surface area (Å²) in [5.74, 6) is -6.68. The van der Waals surface area contributed by atoms with E-state index in [0.29, 0.717) is 5.56 Å². The number of benzene rings is 2. The normalized spacial score (nSPS) is 25.7. The highest BCUT2D eigenvalue weighted by molar-refractivity contribution is 6.24. The molecular weight excluding hydrogens is 538 g/mol. The molecule has 3 aliphatic carbocycles. The number of carbonyl (C=O) groups is 3. The van der Waals surface area contributed by atoms with Crippen LogP contribution < -0.4 is 11.1 Å². The summed E-state index contributed by atoms with van der Waals surface area (Å²) in [6.07, 6.45) is 0.263. The van der Waals surface area contributed by atoms with Crippen LogP contribution in [0.25, 0.3) is 16.9 Å². The van der Waals surface area contributed by atoms with E-state index in [2.05, 4.69) is 26.1 Å². The Morgan fingerprint density at radius 1 is 1.07 bits per heavy atom. The second kappa shape index (κ2) is 9.99. The first-order chi connectivity index (χ1) is 19.6. The van der Waals surface area contributed by atoms with E-state index < -0.39 is 58.0 Å². The Hall–Kier alpha value is -4.15. The average Bonchev–Trinajstić information content (AvgIpc) is 2.89. The van der Waals surface area contributed by atoms with E-state index in [1.807, 2.05) is 24.3 Å². The van der Waals surface area contributed by atoms with Gasteiger partial charge in [0.15, 0.2) is 11.4 Å². The highest BCUT2D eigenvalue weighted by Gasteiger charge is 2.64. The van der Waals surface area contributed by atoms with E-state index >= 15 is 0 Å². The zero-order valence-electron chi connectivity index (χ0n) is 24.4. The minimum atomic E-state index is -2.66. The fraction of sp³-hybridized carbons (Fsp3) is 0.406. The lowest BCUT2D eigenvalue weighted by atomic mass is 9.57. The number of likely N-dealkylation sites (N-methyl/N-ethyl adjacent to an activating group) is 1. The molecular formula is C32H37N3O7. The Labute approximate surface area is 244 Å². The van der Waals surface area contributed by atoms with Gasteiger partial charge in [0.25, 0.3) is 5.91 Å². The molecule has 3 aliphatic rings. The lowest BCUT2D eigenvalue weighted by Gasteiger charge is -2.50. The van der Waals surface area contributed by atoms with Crippen molar-refractivity contribution < 1.29 is 34.8 Å². The van der Waals surface area contributed by atoms with Gasteiger partial charge in [-0.15, -0.1) is 0 Å². The zero-order valence-corrected chi connectivity index (χ0v) is 24.4. The summed E-state index contributed by atoms with van der Waals surface area (Å²) in [6.45, 7) is 7.20. The predicted octanol–water partition coefficient (Wildman–Crippen LogP) is 3.09. The zero-order chi connectivity index (χ0) is 30.9. The summed E-state index contributed by atoms with van der Waals surface area (Å²) in [7, 11) is 3.15. The molecule has 4 atom stereocenters. The molecule has 1 fully saturated rings. The minimum absolute atomic E-state index is 0.0382. The van der Waals surface area contributed by atoms with Crippen molar-refractivity contribution in [3.8, 4) is 16.9 Å². The number of hydrogen-bond donors (Lipinski definition) is 6. The number of anilines is 1. The summed E-state index contributed by atoms with van der Waals surface area (Å²) < 4.78 is 0. The van der Waals surface area contributed by atoms with E-state index in [1.54, 1.807) is 20.2 Å². The van der Waals surface area contributed by atoms with Crippen LogP contribution >= 0.6 is 0 Å². The monoisotopic (exact) mass is 575 g/mol. The molecule has 222 valence electrons. The number of phenolic OH excluding ortho intramolecular Hbond substituents is 1. The van der Waals surface area contributed by atoms with Gasteiger partial charge in [-0.1, -0.05) is 39.0 Å². The van der Waals surface area contributed by atoms with E-state index in [-0.39, 0.29) is 35.1 Å². The molecule has 0 aromatic heterocycles. The highest BCUT2D eigenvalue weighted by Crippen LogP contribution is 2.53. The number of rotatable bonds is 5. The number of nitrogens with two attached hydrogens (primary N) is 1. The molecule has 0 radical (unpaired) electrons. The Morgan fingerprint density at radius 2 is 1.71 bits per heavy atom. The summed E-state index contributed by atoms with van der Waals surface area (Å²) >= 11 is 0. The van der Waals surface area contributed by atoms with Gasteiger partial charge in [-0.2, -0.15) is 0 Å². The molecule has 2 aromatic rings. The maximum Gasteiger partial charge on any atom is 0.255 e. The molecule has 0 aliphatic heterocycles. The Balaban J connectivity index is 1.62. The van der Waals surface area contributed by atoms with Crippen molar-refractivity contribution in [1.29, 1.82) is 0 Å².